The minimum Gasteiger partial charge on any atom is -0.326 e. The van der Waals surface area contributed by atoms with Crippen LogP contribution in [0.15, 0.2) is 48.8 Å². The molecular weight excluding hydrogens is 238 g/mol. The maximum atomic E-state index is 11.8. The highest BCUT2D eigenvalue weighted by molar-refractivity contribution is 5.91. The van der Waals surface area contributed by atoms with E-state index in [4.69, 9.17) is 5.73 Å². The summed E-state index contributed by atoms with van der Waals surface area (Å²) in [4.78, 5) is 11.8. The largest absolute Gasteiger partial charge is 0.326 e. The maximum Gasteiger partial charge on any atom is 0.226 e. The zero-order valence-corrected chi connectivity index (χ0v) is 11.3. The number of nitrogens with one attached hydrogen (secondary N) is 1. The summed E-state index contributed by atoms with van der Waals surface area (Å²) in [5.74, 6) is -0.0721. The van der Waals surface area contributed by atoms with Crippen molar-refractivity contribution >= 4 is 11.6 Å². The molecule has 0 saturated carbocycles. The SMILES string of the molecule is CC(C)(N)CC(=O)Nc1cccc(-n2cccc2)c1. The third-order valence-electron chi connectivity index (χ3n) is 2.65. The van der Waals surface area contributed by atoms with Crippen LogP contribution in [0.3, 0.4) is 0 Å². The molecule has 2 rings (SSSR count). The van der Waals surface area contributed by atoms with Crippen LogP contribution in [0.5, 0.6) is 0 Å². The Bertz CT molecular complexity index is 553. The summed E-state index contributed by atoms with van der Waals surface area (Å²) in [7, 11) is 0. The first kappa shape index (κ1) is 13.4. The van der Waals surface area contributed by atoms with Crippen LogP contribution >= 0.6 is 0 Å². The Kier molecular flexibility index (Phi) is 3.71. The standard InChI is InChI=1S/C15H19N3O/c1-15(2,16)11-14(19)17-12-6-5-7-13(10-12)18-8-3-4-9-18/h3-10H,11,16H2,1-2H3,(H,17,19). The van der Waals surface area contributed by atoms with Crippen molar-refractivity contribution in [3.8, 4) is 5.69 Å². The second-order valence-corrected chi connectivity index (χ2v) is 5.35. The third-order valence-corrected chi connectivity index (χ3v) is 2.65. The Morgan fingerprint density at radius 3 is 2.58 bits per heavy atom. The van der Waals surface area contributed by atoms with Gasteiger partial charge in [0, 0.05) is 35.7 Å². The monoisotopic (exact) mass is 257 g/mol. The molecular formula is C15H19N3O. The van der Waals surface area contributed by atoms with Crippen molar-refractivity contribution in [1.82, 2.24) is 4.57 Å². The Morgan fingerprint density at radius 2 is 1.95 bits per heavy atom. The van der Waals surface area contributed by atoms with Crippen molar-refractivity contribution in [2.24, 2.45) is 5.73 Å². The Hall–Kier alpha value is -2.07. The molecule has 0 radical (unpaired) electrons. The number of nitrogens with zero attached hydrogens (tertiary/aromatic N) is 1. The van der Waals surface area contributed by atoms with Crippen LogP contribution in [-0.2, 0) is 4.79 Å². The Morgan fingerprint density at radius 1 is 1.26 bits per heavy atom. The Balaban J connectivity index is 2.10. The molecule has 1 heterocycles. The van der Waals surface area contributed by atoms with Gasteiger partial charge in [0.05, 0.1) is 0 Å². The first-order valence-corrected chi connectivity index (χ1v) is 6.26. The number of carbonyl (C=O) groups excluding carboxylic acids is 1. The highest BCUT2D eigenvalue weighted by Crippen LogP contribution is 2.16. The lowest BCUT2D eigenvalue weighted by atomic mass is 10.0. The molecule has 2 aromatic rings. The number of benzene rings is 1. The summed E-state index contributed by atoms with van der Waals surface area (Å²) in [6, 6.07) is 11.6. The van der Waals surface area contributed by atoms with Crippen LogP contribution in [0, 0.1) is 0 Å². The summed E-state index contributed by atoms with van der Waals surface area (Å²) in [5, 5.41) is 2.87. The molecule has 19 heavy (non-hydrogen) atoms. The second kappa shape index (κ2) is 5.28. The first-order valence-electron chi connectivity index (χ1n) is 6.26. The third kappa shape index (κ3) is 3.96. The lowest BCUT2D eigenvalue weighted by Gasteiger charge is -2.17. The topological polar surface area (TPSA) is 60.1 Å². The Labute approximate surface area is 113 Å². The number of carbonyl (C=O) groups is 1. The van der Waals surface area contributed by atoms with E-state index in [1.54, 1.807) is 0 Å². The van der Waals surface area contributed by atoms with Gasteiger partial charge in [0.1, 0.15) is 0 Å². The van der Waals surface area contributed by atoms with E-state index in [9.17, 15) is 4.79 Å². The predicted molar refractivity (Wildman–Crippen MR) is 77.3 cm³/mol. The lowest BCUT2D eigenvalue weighted by molar-refractivity contribution is -0.117. The fourth-order valence-electron chi connectivity index (χ4n) is 1.87. The van der Waals surface area contributed by atoms with Gasteiger partial charge < -0.3 is 15.6 Å². The van der Waals surface area contributed by atoms with Gasteiger partial charge in [-0.05, 0) is 44.2 Å². The molecule has 1 amide bonds. The summed E-state index contributed by atoms with van der Waals surface area (Å²) in [5.41, 5.74) is 7.12. The van der Waals surface area contributed by atoms with E-state index in [0.29, 0.717) is 6.42 Å². The highest BCUT2D eigenvalue weighted by Gasteiger charge is 2.16. The molecule has 0 aliphatic carbocycles. The average Bonchev–Trinajstić information content (AvgIpc) is 2.79. The van der Waals surface area contributed by atoms with Crippen LogP contribution in [0.2, 0.25) is 0 Å². The van der Waals surface area contributed by atoms with Crippen molar-refractivity contribution in [3.63, 3.8) is 0 Å². The van der Waals surface area contributed by atoms with Crippen LogP contribution in [0.1, 0.15) is 20.3 Å². The number of hydrogen-bond donors (Lipinski definition) is 2. The number of amides is 1. The minimum atomic E-state index is -0.498. The van der Waals surface area contributed by atoms with E-state index in [-0.39, 0.29) is 5.91 Å². The van der Waals surface area contributed by atoms with Gasteiger partial charge in [0.25, 0.3) is 0 Å². The fourth-order valence-corrected chi connectivity index (χ4v) is 1.87. The molecule has 3 N–H and O–H groups in total. The van der Waals surface area contributed by atoms with Crippen LogP contribution in [0.25, 0.3) is 5.69 Å². The molecule has 0 spiro atoms. The fraction of sp³-hybridized carbons (Fsp3) is 0.267. The molecule has 0 atom stereocenters. The molecule has 100 valence electrons. The van der Waals surface area contributed by atoms with Crippen LogP contribution in [-0.4, -0.2) is 16.0 Å². The molecule has 0 bridgehead atoms. The molecule has 4 heteroatoms. The van der Waals surface area contributed by atoms with Gasteiger partial charge in [-0.2, -0.15) is 0 Å². The van der Waals surface area contributed by atoms with Gasteiger partial charge in [-0.3, -0.25) is 4.79 Å². The molecule has 0 saturated heterocycles. The van der Waals surface area contributed by atoms with E-state index < -0.39 is 5.54 Å². The molecule has 0 aliphatic heterocycles. The van der Waals surface area contributed by atoms with Crippen molar-refractivity contribution < 1.29 is 4.79 Å². The molecule has 0 fully saturated rings. The van der Waals surface area contributed by atoms with E-state index in [1.807, 2.05) is 67.2 Å². The van der Waals surface area contributed by atoms with Crippen LogP contribution < -0.4 is 11.1 Å². The van der Waals surface area contributed by atoms with E-state index in [0.717, 1.165) is 11.4 Å². The zero-order valence-electron chi connectivity index (χ0n) is 11.3. The van der Waals surface area contributed by atoms with Crippen molar-refractivity contribution in [2.45, 2.75) is 25.8 Å². The van der Waals surface area contributed by atoms with Gasteiger partial charge in [-0.25, -0.2) is 0 Å². The number of anilines is 1. The van der Waals surface area contributed by atoms with Crippen LogP contribution in [0.4, 0.5) is 5.69 Å². The summed E-state index contributed by atoms with van der Waals surface area (Å²) >= 11 is 0. The van der Waals surface area contributed by atoms with E-state index in [2.05, 4.69) is 5.32 Å². The normalized spacial score (nSPS) is 11.3. The van der Waals surface area contributed by atoms with Gasteiger partial charge in [0.15, 0.2) is 0 Å². The second-order valence-electron chi connectivity index (χ2n) is 5.35. The quantitative estimate of drug-likeness (QED) is 0.884. The summed E-state index contributed by atoms with van der Waals surface area (Å²) in [6.45, 7) is 3.67. The zero-order chi connectivity index (χ0) is 13.9. The number of rotatable bonds is 4. The van der Waals surface area contributed by atoms with Crippen molar-refractivity contribution in [3.05, 3.63) is 48.8 Å². The van der Waals surface area contributed by atoms with Gasteiger partial charge in [-0.1, -0.05) is 6.07 Å². The predicted octanol–water partition coefficient (Wildman–Crippen LogP) is 2.54. The minimum absolute atomic E-state index is 0.0721. The molecule has 0 unspecified atom stereocenters. The smallest absolute Gasteiger partial charge is 0.226 e. The highest BCUT2D eigenvalue weighted by atomic mass is 16.1. The summed E-state index contributed by atoms with van der Waals surface area (Å²) < 4.78 is 1.99. The van der Waals surface area contributed by atoms with Gasteiger partial charge in [-0.15, -0.1) is 0 Å². The van der Waals surface area contributed by atoms with Crippen molar-refractivity contribution in [1.29, 1.82) is 0 Å². The molecule has 1 aromatic carbocycles. The van der Waals surface area contributed by atoms with E-state index in [1.165, 1.54) is 0 Å². The molecule has 0 aliphatic rings. The number of aromatic nitrogens is 1. The lowest BCUT2D eigenvalue weighted by Crippen LogP contribution is -2.36. The van der Waals surface area contributed by atoms with Gasteiger partial charge >= 0.3 is 0 Å². The number of nitrogens with two attached hydrogens (primary N) is 1. The van der Waals surface area contributed by atoms with Crippen molar-refractivity contribution in [2.75, 3.05) is 5.32 Å². The maximum absolute atomic E-state index is 11.8. The van der Waals surface area contributed by atoms with Gasteiger partial charge in [0.2, 0.25) is 5.91 Å². The average molecular weight is 257 g/mol. The first-order chi connectivity index (χ1) is 8.94. The molecule has 1 aromatic heterocycles. The summed E-state index contributed by atoms with van der Waals surface area (Å²) in [6.07, 6.45) is 4.22. The molecule has 4 nitrogen and oxygen atoms in total. The van der Waals surface area contributed by atoms with E-state index >= 15 is 0 Å². The number of hydrogen-bond acceptors (Lipinski definition) is 2.